The van der Waals surface area contributed by atoms with Gasteiger partial charge < -0.3 is 4.90 Å². The smallest absolute Gasteiger partial charge is 0.374 e. The molecule has 18 heavy (non-hydrogen) atoms. The molecule has 2 nitrogen and oxygen atoms in total. The summed E-state index contributed by atoms with van der Waals surface area (Å²) in [4.78, 5) is 1.81. The molecule has 1 rings (SSSR count). The average molecular weight is 256 g/mol. The Kier molecular flexibility index (Phi) is 4.60. The molecule has 0 fully saturated rings. The number of nitrogens with zero attached hydrogens (tertiary/aromatic N) is 2. The lowest BCUT2D eigenvalue weighted by Crippen LogP contribution is -2.20. The van der Waals surface area contributed by atoms with Crippen molar-refractivity contribution in [1.82, 2.24) is 0 Å². The second-order valence-electron chi connectivity index (χ2n) is 4.12. The van der Waals surface area contributed by atoms with E-state index in [9.17, 15) is 13.2 Å². The Bertz CT molecular complexity index is 447. The highest BCUT2D eigenvalue weighted by molar-refractivity contribution is 5.60. The monoisotopic (exact) mass is 256 g/mol. The molecule has 0 aliphatic heterocycles. The van der Waals surface area contributed by atoms with Crippen LogP contribution in [0, 0.1) is 11.3 Å². The summed E-state index contributed by atoms with van der Waals surface area (Å²) in [5.74, 6) is 0. The van der Waals surface area contributed by atoms with Crippen molar-refractivity contribution >= 4 is 5.69 Å². The second-order valence-corrected chi connectivity index (χ2v) is 4.12. The first-order valence-electron chi connectivity index (χ1n) is 5.72. The van der Waals surface area contributed by atoms with Gasteiger partial charge in [0, 0.05) is 13.6 Å². The number of nitriles is 1. The molecule has 0 radical (unpaired) electrons. The fourth-order valence-electron chi connectivity index (χ4n) is 1.65. The van der Waals surface area contributed by atoms with Crippen molar-refractivity contribution in [2.75, 3.05) is 18.5 Å². The molecule has 0 N–H and O–H groups in total. The Balaban J connectivity index is 3.05. The quantitative estimate of drug-likeness (QED) is 0.819. The van der Waals surface area contributed by atoms with Crippen molar-refractivity contribution in [3.05, 3.63) is 29.3 Å². The normalized spacial score (nSPS) is 11.1. The van der Waals surface area contributed by atoms with Gasteiger partial charge in [0.1, 0.15) is 6.07 Å². The summed E-state index contributed by atoms with van der Waals surface area (Å²) in [7, 11) is 1.78. The maximum Gasteiger partial charge on any atom is 0.416 e. The van der Waals surface area contributed by atoms with E-state index in [0.717, 1.165) is 31.5 Å². The first-order valence-corrected chi connectivity index (χ1v) is 5.72. The molecule has 0 amide bonds. The molecule has 0 aliphatic carbocycles. The zero-order valence-corrected chi connectivity index (χ0v) is 10.4. The van der Waals surface area contributed by atoms with Crippen LogP contribution in [0.25, 0.3) is 0 Å². The SMILES string of the molecule is CCCCN(C)c1ccc(C(F)(F)F)cc1C#N. The Labute approximate surface area is 105 Å². The van der Waals surface area contributed by atoms with E-state index in [1.165, 1.54) is 6.07 Å². The predicted octanol–water partition coefficient (Wildman–Crippen LogP) is 3.81. The summed E-state index contributed by atoms with van der Waals surface area (Å²) in [6.07, 6.45) is -2.48. The lowest BCUT2D eigenvalue weighted by Gasteiger charge is -2.21. The molecular weight excluding hydrogens is 241 g/mol. The molecule has 0 heterocycles. The number of benzene rings is 1. The number of halogens is 3. The van der Waals surface area contributed by atoms with Gasteiger partial charge in [-0.3, -0.25) is 0 Å². The van der Waals surface area contributed by atoms with Crippen LogP contribution in [0.4, 0.5) is 18.9 Å². The minimum atomic E-state index is -4.41. The third kappa shape index (κ3) is 3.39. The predicted molar refractivity (Wildman–Crippen MR) is 64.3 cm³/mol. The van der Waals surface area contributed by atoms with Crippen LogP contribution in [0.3, 0.4) is 0 Å². The molecule has 0 saturated carbocycles. The Morgan fingerprint density at radius 1 is 1.33 bits per heavy atom. The first-order chi connectivity index (χ1) is 8.40. The van der Waals surface area contributed by atoms with E-state index in [4.69, 9.17) is 5.26 Å². The average Bonchev–Trinajstić information content (AvgIpc) is 2.34. The van der Waals surface area contributed by atoms with E-state index in [1.54, 1.807) is 7.05 Å². The van der Waals surface area contributed by atoms with E-state index < -0.39 is 11.7 Å². The molecule has 0 bridgehead atoms. The van der Waals surface area contributed by atoms with Crippen LogP contribution in [-0.2, 0) is 6.18 Å². The lowest BCUT2D eigenvalue weighted by molar-refractivity contribution is -0.137. The number of rotatable bonds is 4. The zero-order chi connectivity index (χ0) is 13.8. The van der Waals surface area contributed by atoms with Crippen molar-refractivity contribution in [3.63, 3.8) is 0 Å². The summed E-state index contributed by atoms with van der Waals surface area (Å²) in [6.45, 7) is 2.75. The molecule has 0 atom stereocenters. The van der Waals surface area contributed by atoms with Crippen molar-refractivity contribution in [2.45, 2.75) is 25.9 Å². The number of alkyl halides is 3. The molecule has 0 saturated heterocycles. The summed E-state index contributed by atoms with van der Waals surface area (Å²) >= 11 is 0. The molecule has 0 spiro atoms. The van der Waals surface area contributed by atoms with Crippen LogP contribution in [0.1, 0.15) is 30.9 Å². The number of hydrogen-bond acceptors (Lipinski definition) is 2. The van der Waals surface area contributed by atoms with Gasteiger partial charge in [0.2, 0.25) is 0 Å². The van der Waals surface area contributed by atoms with E-state index in [2.05, 4.69) is 0 Å². The standard InChI is InChI=1S/C13H15F3N2/c1-3-4-7-18(2)12-6-5-11(13(14,15)16)8-10(12)9-17/h5-6,8H,3-4,7H2,1-2H3. The minimum Gasteiger partial charge on any atom is -0.374 e. The van der Waals surface area contributed by atoms with Gasteiger partial charge in [0.05, 0.1) is 16.8 Å². The fourth-order valence-corrected chi connectivity index (χ4v) is 1.65. The van der Waals surface area contributed by atoms with Crippen molar-refractivity contribution < 1.29 is 13.2 Å². The molecule has 98 valence electrons. The van der Waals surface area contributed by atoms with E-state index in [-0.39, 0.29) is 5.56 Å². The first kappa shape index (κ1) is 14.4. The van der Waals surface area contributed by atoms with E-state index in [1.807, 2.05) is 17.9 Å². The van der Waals surface area contributed by atoms with Gasteiger partial charge >= 0.3 is 6.18 Å². The molecular formula is C13H15F3N2. The Hall–Kier alpha value is -1.70. The zero-order valence-electron chi connectivity index (χ0n) is 10.4. The highest BCUT2D eigenvalue weighted by atomic mass is 19.4. The summed E-state index contributed by atoms with van der Waals surface area (Å²) in [5, 5.41) is 8.94. The van der Waals surface area contributed by atoms with Crippen LogP contribution in [0.15, 0.2) is 18.2 Å². The highest BCUT2D eigenvalue weighted by Crippen LogP contribution is 2.32. The molecule has 0 unspecified atom stereocenters. The van der Waals surface area contributed by atoms with Gasteiger partial charge in [0.15, 0.2) is 0 Å². The largest absolute Gasteiger partial charge is 0.416 e. The summed E-state index contributed by atoms with van der Waals surface area (Å²) in [6, 6.07) is 5.09. The van der Waals surface area contributed by atoms with Crippen LogP contribution in [0.5, 0.6) is 0 Å². The van der Waals surface area contributed by atoms with Crippen LogP contribution >= 0.6 is 0 Å². The van der Waals surface area contributed by atoms with Crippen LogP contribution < -0.4 is 4.90 Å². The molecule has 5 heteroatoms. The second kappa shape index (κ2) is 5.76. The highest BCUT2D eigenvalue weighted by Gasteiger charge is 2.31. The van der Waals surface area contributed by atoms with Crippen molar-refractivity contribution in [1.29, 1.82) is 5.26 Å². The van der Waals surface area contributed by atoms with Gasteiger partial charge in [-0.1, -0.05) is 13.3 Å². The molecule has 1 aromatic rings. The van der Waals surface area contributed by atoms with Gasteiger partial charge in [-0.25, -0.2) is 0 Å². The number of anilines is 1. The Morgan fingerprint density at radius 2 is 2.00 bits per heavy atom. The van der Waals surface area contributed by atoms with Crippen LogP contribution in [-0.4, -0.2) is 13.6 Å². The topological polar surface area (TPSA) is 27.0 Å². The number of unbranched alkanes of at least 4 members (excludes halogenated alkanes) is 1. The maximum atomic E-state index is 12.5. The van der Waals surface area contributed by atoms with Gasteiger partial charge in [0.25, 0.3) is 0 Å². The molecule has 1 aromatic carbocycles. The Morgan fingerprint density at radius 3 is 2.50 bits per heavy atom. The van der Waals surface area contributed by atoms with Gasteiger partial charge in [-0.2, -0.15) is 18.4 Å². The van der Waals surface area contributed by atoms with Crippen molar-refractivity contribution in [2.24, 2.45) is 0 Å². The summed E-state index contributed by atoms with van der Waals surface area (Å²) < 4.78 is 37.5. The van der Waals surface area contributed by atoms with Crippen molar-refractivity contribution in [3.8, 4) is 6.07 Å². The van der Waals surface area contributed by atoms with E-state index in [0.29, 0.717) is 5.69 Å². The van der Waals surface area contributed by atoms with Gasteiger partial charge in [-0.15, -0.1) is 0 Å². The third-order valence-corrected chi connectivity index (χ3v) is 2.70. The lowest BCUT2D eigenvalue weighted by atomic mass is 10.1. The molecule has 0 aromatic heterocycles. The van der Waals surface area contributed by atoms with Crippen LogP contribution in [0.2, 0.25) is 0 Å². The molecule has 0 aliphatic rings. The maximum absolute atomic E-state index is 12.5. The summed E-state index contributed by atoms with van der Waals surface area (Å²) in [5.41, 5.74) is -0.186. The van der Waals surface area contributed by atoms with Gasteiger partial charge in [-0.05, 0) is 24.6 Å². The fraction of sp³-hybridized carbons (Fsp3) is 0.462. The van der Waals surface area contributed by atoms with E-state index >= 15 is 0 Å². The minimum absolute atomic E-state index is 0.0587. The number of hydrogen-bond donors (Lipinski definition) is 0. The third-order valence-electron chi connectivity index (χ3n) is 2.70.